The fraction of sp³-hybridized carbons (Fsp3) is 0.500. The number of aromatic amines is 1. The number of carbonyl (C=O) groups excluding carboxylic acids is 1. The van der Waals surface area contributed by atoms with Crippen LogP contribution in [0.25, 0.3) is 12.4 Å². The number of H-pyrrole nitrogens is 1. The van der Waals surface area contributed by atoms with Gasteiger partial charge in [-0.15, -0.1) is 0 Å². The van der Waals surface area contributed by atoms with E-state index in [-0.39, 0.29) is 18.4 Å². The van der Waals surface area contributed by atoms with Gasteiger partial charge in [0, 0.05) is 36.9 Å². The summed E-state index contributed by atoms with van der Waals surface area (Å²) in [6.07, 6.45) is 4.94. The molecule has 134 valence electrons. The number of hydrogen-bond donors (Lipinski definition) is 2. The fourth-order valence-electron chi connectivity index (χ4n) is 3.49. The number of carbonyl (C=O) groups is 1. The Morgan fingerprint density at radius 1 is 1.68 bits per heavy atom. The van der Waals surface area contributed by atoms with Crippen molar-refractivity contribution in [3.8, 4) is 6.07 Å². The molecule has 0 radical (unpaired) electrons. The van der Waals surface area contributed by atoms with Gasteiger partial charge in [-0.05, 0) is 18.4 Å². The van der Waals surface area contributed by atoms with E-state index in [1.165, 1.54) is 6.34 Å². The molecule has 0 aromatic carbocycles. The number of aromatic nitrogens is 1. The lowest BCUT2D eigenvalue weighted by Crippen LogP contribution is -2.53. The Hall–Kier alpha value is -2.75. The molecule has 2 rings (SSSR count). The van der Waals surface area contributed by atoms with Gasteiger partial charge < -0.3 is 20.5 Å². The first-order chi connectivity index (χ1) is 12.0. The highest BCUT2D eigenvalue weighted by atomic mass is 16.2. The van der Waals surface area contributed by atoms with E-state index >= 15 is 0 Å². The Labute approximate surface area is 148 Å². The number of likely N-dealkylation sites (N-methyl/N-ethyl adjacent to an activating group) is 1. The van der Waals surface area contributed by atoms with Gasteiger partial charge in [0.2, 0.25) is 5.91 Å². The van der Waals surface area contributed by atoms with Gasteiger partial charge in [0.1, 0.15) is 12.2 Å². The maximum Gasteiger partial charge on any atom is 0.236 e. The molecule has 3 N–H and O–H groups in total. The molecule has 0 aliphatic carbocycles. The second kappa shape index (κ2) is 8.38. The van der Waals surface area contributed by atoms with Crippen molar-refractivity contribution in [1.82, 2.24) is 14.8 Å². The standard InChI is InChI=1S/C18H26N6O/c1-4-14-7-10-24(17(25)5-8-19)11-16(14)23(3)18(22-12-20)15-6-9-21-13(15)2/h6,9,12,14,16,21H,2,4-5,7,10-11H2,1,3H3,(H2,20,22)/b18-15+/t14-,16+/m1/s1. The molecule has 1 amide bonds. The Bertz CT molecular complexity index is 774. The number of likely N-dealkylation sites (tertiary alicyclic amines) is 1. The van der Waals surface area contributed by atoms with Crippen LogP contribution in [0.4, 0.5) is 0 Å². The number of aliphatic imine (C=N–C) groups is 1. The molecule has 1 aliphatic heterocycles. The molecule has 2 atom stereocenters. The van der Waals surface area contributed by atoms with Crippen LogP contribution in [0.3, 0.4) is 0 Å². The molecule has 0 unspecified atom stereocenters. The number of piperidine rings is 1. The normalized spacial score (nSPS) is 21.9. The summed E-state index contributed by atoms with van der Waals surface area (Å²) in [5, 5.41) is 10.5. The van der Waals surface area contributed by atoms with Crippen LogP contribution < -0.4 is 16.3 Å². The summed E-state index contributed by atoms with van der Waals surface area (Å²) in [7, 11) is 1.97. The highest BCUT2D eigenvalue weighted by molar-refractivity contribution is 5.78. The fourth-order valence-corrected chi connectivity index (χ4v) is 3.49. The van der Waals surface area contributed by atoms with Gasteiger partial charge in [-0.3, -0.25) is 4.79 Å². The highest BCUT2D eigenvalue weighted by Crippen LogP contribution is 2.27. The van der Waals surface area contributed by atoms with E-state index in [9.17, 15) is 4.79 Å². The summed E-state index contributed by atoms with van der Waals surface area (Å²) in [4.78, 5) is 23.4. The van der Waals surface area contributed by atoms with Crippen LogP contribution in [-0.2, 0) is 4.79 Å². The van der Waals surface area contributed by atoms with Gasteiger partial charge in [0.05, 0.1) is 18.4 Å². The van der Waals surface area contributed by atoms with Gasteiger partial charge in [0.25, 0.3) is 0 Å². The van der Waals surface area contributed by atoms with Crippen LogP contribution in [-0.4, -0.2) is 53.2 Å². The van der Waals surface area contributed by atoms with E-state index < -0.39 is 0 Å². The van der Waals surface area contributed by atoms with Gasteiger partial charge in [0.15, 0.2) is 0 Å². The molecule has 0 bridgehead atoms. The van der Waals surface area contributed by atoms with Crippen molar-refractivity contribution in [2.45, 2.75) is 32.2 Å². The molecule has 7 nitrogen and oxygen atoms in total. The summed E-state index contributed by atoms with van der Waals surface area (Å²) in [6.45, 7) is 7.44. The number of hydrogen-bond acceptors (Lipinski definition) is 4. The number of rotatable bonds is 5. The average Bonchev–Trinajstić information content (AvgIpc) is 3.04. The predicted molar refractivity (Wildman–Crippen MR) is 98.4 cm³/mol. The molecule has 0 spiro atoms. The van der Waals surface area contributed by atoms with Crippen LogP contribution >= 0.6 is 0 Å². The van der Waals surface area contributed by atoms with E-state index in [1.54, 1.807) is 4.90 Å². The van der Waals surface area contributed by atoms with Crippen LogP contribution in [0.15, 0.2) is 17.3 Å². The lowest BCUT2D eigenvalue weighted by molar-refractivity contribution is -0.132. The van der Waals surface area contributed by atoms with Gasteiger partial charge in [-0.2, -0.15) is 5.26 Å². The van der Waals surface area contributed by atoms with Crippen molar-refractivity contribution < 1.29 is 4.79 Å². The van der Waals surface area contributed by atoms with Crippen LogP contribution in [0.5, 0.6) is 0 Å². The summed E-state index contributed by atoms with van der Waals surface area (Å²) in [5.74, 6) is 1.05. The maximum absolute atomic E-state index is 12.2. The summed E-state index contributed by atoms with van der Waals surface area (Å²) in [6, 6.07) is 3.97. The summed E-state index contributed by atoms with van der Waals surface area (Å²) >= 11 is 0. The minimum absolute atomic E-state index is 0.0778. The third-order valence-corrected chi connectivity index (χ3v) is 4.93. The molecular weight excluding hydrogens is 316 g/mol. The van der Waals surface area contributed by atoms with Crippen LogP contribution in [0, 0.1) is 17.2 Å². The molecule has 7 heteroatoms. The second-order valence-electron chi connectivity index (χ2n) is 6.28. The quantitative estimate of drug-likeness (QED) is 0.578. The van der Waals surface area contributed by atoms with Crippen molar-refractivity contribution >= 4 is 24.6 Å². The largest absolute Gasteiger partial charge is 0.390 e. The topological polar surface area (TPSA) is 102 Å². The zero-order valence-corrected chi connectivity index (χ0v) is 14.9. The van der Waals surface area contributed by atoms with Gasteiger partial charge >= 0.3 is 0 Å². The first kappa shape index (κ1) is 18.6. The Balaban J connectivity index is 2.37. The minimum atomic E-state index is -0.112. The second-order valence-corrected chi connectivity index (χ2v) is 6.28. The maximum atomic E-state index is 12.2. The van der Waals surface area contributed by atoms with Crippen LogP contribution in [0.2, 0.25) is 0 Å². The van der Waals surface area contributed by atoms with Gasteiger partial charge in [-0.25, -0.2) is 4.99 Å². The number of nitrogens with zero attached hydrogens (tertiary/aromatic N) is 4. The zero-order chi connectivity index (χ0) is 18.4. The van der Waals surface area contributed by atoms with E-state index in [4.69, 9.17) is 11.0 Å². The number of nitrogens with one attached hydrogen (secondary N) is 1. The Kier molecular flexibility index (Phi) is 6.23. The molecule has 1 saturated heterocycles. The van der Waals surface area contributed by atoms with E-state index in [0.29, 0.717) is 19.0 Å². The van der Waals surface area contributed by atoms with E-state index in [0.717, 1.165) is 29.2 Å². The smallest absolute Gasteiger partial charge is 0.236 e. The molecule has 1 fully saturated rings. The first-order valence-corrected chi connectivity index (χ1v) is 8.51. The van der Waals surface area contributed by atoms with E-state index in [1.807, 2.05) is 25.4 Å². The van der Waals surface area contributed by atoms with Crippen molar-refractivity contribution in [1.29, 1.82) is 5.26 Å². The zero-order valence-electron chi connectivity index (χ0n) is 14.9. The third-order valence-electron chi connectivity index (χ3n) is 4.93. The molecule has 25 heavy (non-hydrogen) atoms. The molecule has 2 heterocycles. The SMILES string of the molecule is C=c1[nH]cc/c1=C(/N=C\N)N(C)[C@H]1CN(C(=O)CC#N)CC[C@H]1CC. The summed E-state index contributed by atoms with van der Waals surface area (Å²) < 4.78 is 0. The summed E-state index contributed by atoms with van der Waals surface area (Å²) in [5.41, 5.74) is 5.56. The molecule has 1 aromatic heterocycles. The molecule has 1 aliphatic rings. The van der Waals surface area contributed by atoms with Crippen molar-refractivity contribution in [2.24, 2.45) is 16.6 Å². The third kappa shape index (κ3) is 4.02. The molecular formula is C18H26N6O. The van der Waals surface area contributed by atoms with Crippen molar-refractivity contribution in [3.05, 3.63) is 22.8 Å². The number of nitriles is 1. The minimum Gasteiger partial charge on any atom is -0.390 e. The van der Waals surface area contributed by atoms with Crippen molar-refractivity contribution in [3.63, 3.8) is 0 Å². The van der Waals surface area contributed by atoms with Crippen LogP contribution in [0.1, 0.15) is 26.2 Å². The number of nitrogens with two attached hydrogens (primary N) is 1. The number of amides is 1. The van der Waals surface area contributed by atoms with Gasteiger partial charge in [-0.1, -0.05) is 19.9 Å². The highest BCUT2D eigenvalue weighted by Gasteiger charge is 2.33. The monoisotopic (exact) mass is 342 g/mol. The molecule has 0 saturated carbocycles. The lowest BCUT2D eigenvalue weighted by atomic mass is 9.88. The van der Waals surface area contributed by atoms with E-state index in [2.05, 4.69) is 28.4 Å². The Morgan fingerprint density at radius 3 is 3.00 bits per heavy atom. The first-order valence-electron chi connectivity index (χ1n) is 8.51. The lowest BCUT2D eigenvalue weighted by Gasteiger charge is -2.43. The predicted octanol–water partition coefficient (Wildman–Crippen LogP) is -0.0497. The Morgan fingerprint density at radius 2 is 2.44 bits per heavy atom. The van der Waals surface area contributed by atoms with Crippen molar-refractivity contribution in [2.75, 3.05) is 20.1 Å². The molecule has 1 aromatic rings. The average molecular weight is 342 g/mol.